The number of hydrogen-bond donors (Lipinski definition) is 3. The van der Waals surface area contributed by atoms with Crippen molar-refractivity contribution in [1.29, 1.82) is 0 Å². The number of esters is 1. The van der Waals surface area contributed by atoms with Crippen LogP contribution in [0.15, 0.2) is 35.0 Å². The molecule has 4 unspecified atom stereocenters. The molecule has 0 radical (unpaired) electrons. The van der Waals surface area contributed by atoms with Crippen molar-refractivity contribution >= 4 is 56.4 Å². The number of carboxylic acids is 1. The van der Waals surface area contributed by atoms with Crippen molar-refractivity contribution in [2.24, 2.45) is 23.7 Å². The highest BCUT2D eigenvalue weighted by atomic mass is 32.1. The molecule has 0 aromatic carbocycles. The number of fused-ring (bicyclic) bond motifs is 2. The molecular weight excluding hydrogens is 428 g/mol. The summed E-state index contributed by atoms with van der Waals surface area (Å²) >= 11 is 2.36. The van der Waals surface area contributed by atoms with Crippen molar-refractivity contribution in [2.75, 3.05) is 17.7 Å². The predicted molar refractivity (Wildman–Crippen MR) is 112 cm³/mol. The minimum absolute atomic E-state index is 0.109. The van der Waals surface area contributed by atoms with Gasteiger partial charge in [-0.2, -0.15) is 0 Å². The number of methoxy groups -OCH3 is 1. The van der Waals surface area contributed by atoms with Crippen molar-refractivity contribution in [3.05, 3.63) is 46.2 Å². The smallest absolute Gasteiger partial charge is 0.340 e. The van der Waals surface area contributed by atoms with Gasteiger partial charge < -0.3 is 20.5 Å². The molecule has 4 rings (SSSR count). The third-order valence-corrected chi connectivity index (χ3v) is 7.15. The van der Waals surface area contributed by atoms with E-state index in [1.54, 1.807) is 22.9 Å². The molecule has 2 amide bonds. The van der Waals surface area contributed by atoms with E-state index in [9.17, 15) is 24.3 Å². The van der Waals surface area contributed by atoms with E-state index in [2.05, 4.69) is 10.6 Å². The molecule has 2 heterocycles. The molecule has 0 saturated heterocycles. The number of nitrogens with one attached hydrogen (secondary N) is 2. The van der Waals surface area contributed by atoms with Crippen LogP contribution in [0.3, 0.4) is 0 Å². The van der Waals surface area contributed by atoms with E-state index >= 15 is 0 Å². The molecule has 2 aliphatic rings. The molecule has 30 heavy (non-hydrogen) atoms. The Morgan fingerprint density at radius 1 is 0.967 bits per heavy atom. The summed E-state index contributed by atoms with van der Waals surface area (Å²) in [4.78, 5) is 49.1. The highest BCUT2D eigenvalue weighted by Gasteiger charge is 2.51. The Labute approximate surface area is 179 Å². The van der Waals surface area contributed by atoms with Gasteiger partial charge in [0.2, 0.25) is 5.91 Å². The predicted octanol–water partition coefficient (Wildman–Crippen LogP) is 3.31. The Morgan fingerprint density at radius 2 is 1.57 bits per heavy atom. The average Bonchev–Trinajstić information content (AvgIpc) is 3.50. The first-order valence-corrected chi connectivity index (χ1v) is 10.9. The molecule has 1 saturated carbocycles. The lowest BCUT2D eigenvalue weighted by Crippen LogP contribution is -2.36. The van der Waals surface area contributed by atoms with Crippen LogP contribution in [-0.4, -0.2) is 36.0 Å². The molecule has 8 nitrogen and oxygen atoms in total. The maximum absolute atomic E-state index is 12.9. The standard InChI is InChI=1S/C20H18N2O6S2/c1-28-20(27)12-5-7-30-18(12)21-15(23)11-4-6-29-17(11)22-16(24)13-9-2-3-10(8-9)14(13)19(25)26/h2-7,9-10,13-14H,8H2,1H3,(H,21,23)(H,22,24)(H,25,26). The van der Waals surface area contributed by atoms with Crippen molar-refractivity contribution in [1.82, 2.24) is 0 Å². The Kier molecular flexibility index (Phi) is 5.44. The van der Waals surface area contributed by atoms with Crippen LogP contribution in [0.4, 0.5) is 10.0 Å². The maximum Gasteiger partial charge on any atom is 0.340 e. The lowest BCUT2D eigenvalue weighted by molar-refractivity contribution is -0.146. The SMILES string of the molecule is COC(=O)c1ccsc1NC(=O)c1ccsc1NC(=O)C1C2C=CC(C2)C1C(=O)O. The summed E-state index contributed by atoms with van der Waals surface area (Å²) in [6.07, 6.45) is 4.43. The zero-order chi connectivity index (χ0) is 21.4. The number of allylic oxidation sites excluding steroid dienone is 2. The Hall–Kier alpha value is -2.98. The highest BCUT2D eigenvalue weighted by molar-refractivity contribution is 7.15. The topological polar surface area (TPSA) is 122 Å². The second-order valence-corrected chi connectivity index (χ2v) is 8.93. The van der Waals surface area contributed by atoms with Gasteiger partial charge >= 0.3 is 11.9 Å². The number of anilines is 2. The number of aliphatic carboxylic acids is 1. The molecule has 0 spiro atoms. The van der Waals surface area contributed by atoms with Gasteiger partial charge in [0.1, 0.15) is 10.0 Å². The van der Waals surface area contributed by atoms with E-state index in [4.69, 9.17) is 4.74 Å². The lowest BCUT2D eigenvalue weighted by Gasteiger charge is -2.23. The summed E-state index contributed by atoms with van der Waals surface area (Å²) in [6.45, 7) is 0. The minimum atomic E-state index is -0.982. The van der Waals surface area contributed by atoms with E-state index in [0.29, 0.717) is 16.4 Å². The average molecular weight is 447 g/mol. The van der Waals surface area contributed by atoms with E-state index < -0.39 is 35.6 Å². The van der Waals surface area contributed by atoms with Crippen LogP contribution >= 0.6 is 22.7 Å². The fourth-order valence-electron chi connectivity index (χ4n) is 4.14. The first-order valence-electron chi connectivity index (χ1n) is 9.17. The van der Waals surface area contributed by atoms with Gasteiger partial charge in [-0.3, -0.25) is 14.4 Å². The normalized spacial score (nSPS) is 23.9. The number of carboxylic acid groups (broad SMARTS) is 1. The quantitative estimate of drug-likeness (QED) is 0.462. The van der Waals surface area contributed by atoms with Crippen LogP contribution < -0.4 is 10.6 Å². The highest BCUT2D eigenvalue weighted by Crippen LogP contribution is 2.48. The molecule has 2 aliphatic carbocycles. The fourth-order valence-corrected chi connectivity index (χ4v) is 5.70. The largest absolute Gasteiger partial charge is 0.481 e. The number of hydrogen-bond acceptors (Lipinski definition) is 7. The van der Waals surface area contributed by atoms with Crippen LogP contribution in [0.2, 0.25) is 0 Å². The molecule has 1 fully saturated rings. The Morgan fingerprint density at radius 3 is 2.20 bits per heavy atom. The molecule has 156 valence electrons. The molecule has 10 heteroatoms. The van der Waals surface area contributed by atoms with Crippen molar-refractivity contribution in [3.8, 4) is 0 Å². The van der Waals surface area contributed by atoms with Crippen LogP contribution in [-0.2, 0) is 14.3 Å². The zero-order valence-electron chi connectivity index (χ0n) is 15.8. The molecular formula is C20H18N2O6S2. The summed E-state index contributed by atoms with van der Waals surface area (Å²) in [5.74, 6) is -4.10. The summed E-state index contributed by atoms with van der Waals surface area (Å²) in [6, 6.07) is 3.12. The van der Waals surface area contributed by atoms with Crippen molar-refractivity contribution in [3.63, 3.8) is 0 Å². The van der Waals surface area contributed by atoms with Gasteiger partial charge in [-0.15, -0.1) is 22.7 Å². The van der Waals surface area contributed by atoms with E-state index in [1.165, 1.54) is 29.8 Å². The summed E-state index contributed by atoms with van der Waals surface area (Å²) < 4.78 is 4.70. The number of thiophene rings is 2. The summed E-state index contributed by atoms with van der Waals surface area (Å²) in [5.41, 5.74) is 0.484. The van der Waals surface area contributed by atoms with Gasteiger partial charge in [0.25, 0.3) is 5.91 Å². The lowest BCUT2D eigenvalue weighted by atomic mass is 9.82. The third kappa shape index (κ3) is 3.52. The minimum Gasteiger partial charge on any atom is -0.481 e. The molecule has 2 aromatic rings. The van der Waals surface area contributed by atoms with Gasteiger partial charge in [-0.05, 0) is 41.1 Å². The molecule has 3 N–H and O–H groups in total. The van der Waals surface area contributed by atoms with E-state index in [0.717, 1.165) is 0 Å². The molecule has 2 aromatic heterocycles. The van der Waals surface area contributed by atoms with Crippen LogP contribution in [0.1, 0.15) is 27.1 Å². The Bertz CT molecular complexity index is 1060. The molecule has 4 atom stereocenters. The maximum atomic E-state index is 12.9. The van der Waals surface area contributed by atoms with Gasteiger partial charge in [-0.25, -0.2) is 4.79 Å². The third-order valence-electron chi connectivity index (χ3n) is 5.49. The van der Waals surface area contributed by atoms with Gasteiger partial charge in [-0.1, -0.05) is 12.2 Å². The summed E-state index contributed by atoms with van der Waals surface area (Å²) in [7, 11) is 1.26. The number of carbonyl (C=O) groups excluding carboxylic acids is 3. The van der Waals surface area contributed by atoms with E-state index in [1.807, 2.05) is 12.2 Å². The van der Waals surface area contributed by atoms with Gasteiger partial charge in [0.15, 0.2) is 0 Å². The first kappa shape index (κ1) is 20.3. The summed E-state index contributed by atoms with van der Waals surface area (Å²) in [5, 5.41) is 19.0. The number of amides is 2. The fraction of sp³-hybridized carbons (Fsp3) is 0.300. The van der Waals surface area contributed by atoms with Crippen molar-refractivity contribution < 1.29 is 29.0 Å². The van der Waals surface area contributed by atoms with Gasteiger partial charge in [0, 0.05) is 0 Å². The molecule has 0 aliphatic heterocycles. The van der Waals surface area contributed by atoms with Crippen LogP contribution in [0.25, 0.3) is 0 Å². The van der Waals surface area contributed by atoms with Crippen LogP contribution in [0, 0.1) is 23.7 Å². The monoisotopic (exact) mass is 446 g/mol. The zero-order valence-corrected chi connectivity index (χ0v) is 17.4. The van der Waals surface area contributed by atoms with Crippen molar-refractivity contribution in [2.45, 2.75) is 6.42 Å². The van der Waals surface area contributed by atoms with Gasteiger partial charge in [0.05, 0.1) is 30.1 Å². The van der Waals surface area contributed by atoms with Crippen LogP contribution in [0.5, 0.6) is 0 Å². The first-order chi connectivity index (χ1) is 14.4. The van der Waals surface area contributed by atoms with E-state index in [-0.39, 0.29) is 23.0 Å². The Balaban J connectivity index is 1.50. The second-order valence-electron chi connectivity index (χ2n) is 7.10. The number of carbonyl (C=O) groups is 4. The number of rotatable bonds is 6. The molecule has 2 bridgehead atoms. The second kappa shape index (κ2) is 8.04. The number of ether oxygens (including phenoxy) is 1.